The van der Waals surface area contributed by atoms with Gasteiger partial charge in [0.2, 0.25) is 5.91 Å². The summed E-state index contributed by atoms with van der Waals surface area (Å²) < 4.78 is 0. The first-order valence-corrected chi connectivity index (χ1v) is 8.57. The molecular weight excluding hydrogens is 334 g/mol. The maximum Gasteiger partial charge on any atom is 0.271 e. The zero-order valence-corrected chi connectivity index (χ0v) is 14.3. The molecule has 7 heteroatoms. The molecule has 2 aromatic carbocycles. The van der Waals surface area contributed by atoms with Crippen LogP contribution < -0.4 is 5.32 Å². The summed E-state index contributed by atoms with van der Waals surface area (Å²) in [5.74, 6) is -0.620. The summed E-state index contributed by atoms with van der Waals surface area (Å²) in [6.07, 6.45) is 1.67. The van der Waals surface area contributed by atoms with Gasteiger partial charge < -0.3 is 10.4 Å². The van der Waals surface area contributed by atoms with Gasteiger partial charge in [0.15, 0.2) is 0 Å². The highest BCUT2D eigenvalue weighted by atomic mass is 16.6. The van der Waals surface area contributed by atoms with E-state index in [1.807, 2.05) is 18.2 Å². The minimum absolute atomic E-state index is 0.0735. The van der Waals surface area contributed by atoms with Crippen LogP contribution in [-0.2, 0) is 11.3 Å². The average Bonchev–Trinajstić information content (AvgIpc) is 2.64. The molecular formula is C19H21N3O4. The predicted molar refractivity (Wildman–Crippen MR) is 97.8 cm³/mol. The minimum Gasteiger partial charge on any atom is -0.506 e. The SMILES string of the molecule is O=C(Nc1cc([N+](=O)[O-])ccc1O)[C@@H]1CCCN(Cc2ccccc2)C1. The molecule has 1 amide bonds. The Labute approximate surface area is 151 Å². The second kappa shape index (κ2) is 7.97. The summed E-state index contributed by atoms with van der Waals surface area (Å²) in [6.45, 7) is 2.34. The van der Waals surface area contributed by atoms with Crippen molar-refractivity contribution >= 4 is 17.3 Å². The number of nitro groups is 1. The van der Waals surface area contributed by atoms with Gasteiger partial charge in [-0.25, -0.2) is 0 Å². The lowest BCUT2D eigenvalue weighted by Crippen LogP contribution is -2.40. The third kappa shape index (κ3) is 4.37. The number of hydrogen-bond acceptors (Lipinski definition) is 5. The van der Waals surface area contributed by atoms with Crippen molar-refractivity contribution in [3.8, 4) is 5.75 Å². The predicted octanol–water partition coefficient (Wildman–Crippen LogP) is 3.15. The van der Waals surface area contributed by atoms with Crippen LogP contribution in [0, 0.1) is 16.0 Å². The summed E-state index contributed by atoms with van der Waals surface area (Å²) in [4.78, 5) is 25.1. The van der Waals surface area contributed by atoms with Crippen LogP contribution in [0.3, 0.4) is 0 Å². The second-order valence-corrected chi connectivity index (χ2v) is 6.51. The number of phenolic OH excluding ortho intramolecular Hbond substituents is 1. The van der Waals surface area contributed by atoms with Crippen molar-refractivity contribution in [1.82, 2.24) is 4.90 Å². The Morgan fingerprint density at radius 2 is 2.04 bits per heavy atom. The van der Waals surface area contributed by atoms with Crippen LogP contribution in [-0.4, -0.2) is 33.9 Å². The Hall–Kier alpha value is -2.93. The molecule has 1 heterocycles. The van der Waals surface area contributed by atoms with Crippen LogP contribution in [0.1, 0.15) is 18.4 Å². The van der Waals surface area contributed by atoms with Gasteiger partial charge in [-0.1, -0.05) is 30.3 Å². The number of carbonyl (C=O) groups excluding carboxylic acids is 1. The first kappa shape index (κ1) is 17.9. The number of rotatable bonds is 5. The number of likely N-dealkylation sites (tertiary alicyclic amines) is 1. The maximum atomic E-state index is 12.6. The van der Waals surface area contributed by atoms with Gasteiger partial charge in [0.05, 0.1) is 16.5 Å². The van der Waals surface area contributed by atoms with Crippen molar-refractivity contribution in [2.24, 2.45) is 5.92 Å². The number of anilines is 1. The summed E-state index contributed by atoms with van der Waals surface area (Å²) >= 11 is 0. The van der Waals surface area contributed by atoms with Crippen LogP contribution in [0.25, 0.3) is 0 Å². The van der Waals surface area contributed by atoms with Crippen LogP contribution in [0.5, 0.6) is 5.75 Å². The molecule has 0 saturated carbocycles. The number of amides is 1. The fourth-order valence-corrected chi connectivity index (χ4v) is 3.23. The number of nitro benzene ring substituents is 1. The molecule has 136 valence electrons. The summed E-state index contributed by atoms with van der Waals surface area (Å²) in [5, 5.41) is 23.4. The first-order chi connectivity index (χ1) is 12.5. The number of aromatic hydroxyl groups is 1. The van der Waals surface area contributed by atoms with E-state index in [2.05, 4.69) is 22.3 Å². The molecule has 1 aliphatic heterocycles. The smallest absolute Gasteiger partial charge is 0.271 e. The molecule has 2 aromatic rings. The van der Waals surface area contributed by atoms with E-state index in [1.165, 1.54) is 23.8 Å². The van der Waals surface area contributed by atoms with Crippen molar-refractivity contribution in [3.63, 3.8) is 0 Å². The average molecular weight is 355 g/mol. The van der Waals surface area contributed by atoms with Gasteiger partial charge in [0, 0.05) is 25.2 Å². The first-order valence-electron chi connectivity index (χ1n) is 8.57. The lowest BCUT2D eigenvalue weighted by atomic mass is 9.96. The van der Waals surface area contributed by atoms with Gasteiger partial charge in [-0.15, -0.1) is 0 Å². The molecule has 0 bridgehead atoms. The Morgan fingerprint density at radius 3 is 2.77 bits per heavy atom. The molecule has 0 unspecified atom stereocenters. The van der Waals surface area contributed by atoms with E-state index in [0.717, 1.165) is 25.9 Å². The lowest BCUT2D eigenvalue weighted by Gasteiger charge is -2.32. The number of benzene rings is 2. The lowest BCUT2D eigenvalue weighted by molar-refractivity contribution is -0.384. The molecule has 0 aliphatic carbocycles. The van der Waals surface area contributed by atoms with Crippen molar-refractivity contribution < 1.29 is 14.8 Å². The quantitative estimate of drug-likeness (QED) is 0.488. The number of piperidine rings is 1. The Kier molecular flexibility index (Phi) is 5.48. The van der Waals surface area contributed by atoms with Gasteiger partial charge >= 0.3 is 0 Å². The fraction of sp³-hybridized carbons (Fsp3) is 0.316. The number of hydrogen-bond donors (Lipinski definition) is 2. The van der Waals surface area contributed by atoms with Gasteiger partial charge in [-0.05, 0) is 31.0 Å². The van der Waals surface area contributed by atoms with E-state index in [1.54, 1.807) is 0 Å². The number of nitrogens with one attached hydrogen (secondary N) is 1. The van der Waals surface area contributed by atoms with Crippen LogP contribution in [0.15, 0.2) is 48.5 Å². The van der Waals surface area contributed by atoms with Gasteiger partial charge in [-0.3, -0.25) is 19.8 Å². The van der Waals surface area contributed by atoms with E-state index < -0.39 is 4.92 Å². The molecule has 1 atom stereocenters. The van der Waals surface area contributed by atoms with E-state index in [0.29, 0.717) is 6.54 Å². The van der Waals surface area contributed by atoms with Crippen molar-refractivity contribution in [2.75, 3.05) is 18.4 Å². The monoisotopic (exact) mass is 355 g/mol. The molecule has 0 radical (unpaired) electrons. The zero-order chi connectivity index (χ0) is 18.5. The van der Waals surface area contributed by atoms with Crippen LogP contribution in [0.4, 0.5) is 11.4 Å². The fourth-order valence-electron chi connectivity index (χ4n) is 3.23. The summed E-state index contributed by atoms with van der Waals surface area (Å²) in [5.41, 5.74) is 1.10. The normalized spacial score (nSPS) is 17.6. The summed E-state index contributed by atoms with van der Waals surface area (Å²) in [6, 6.07) is 13.7. The van der Waals surface area contributed by atoms with Crippen molar-refractivity contribution in [3.05, 3.63) is 64.2 Å². The third-order valence-corrected chi connectivity index (χ3v) is 4.57. The molecule has 7 nitrogen and oxygen atoms in total. The highest BCUT2D eigenvalue weighted by molar-refractivity contribution is 5.94. The molecule has 0 aromatic heterocycles. The molecule has 2 N–H and O–H groups in total. The van der Waals surface area contributed by atoms with Gasteiger partial charge in [-0.2, -0.15) is 0 Å². The standard InChI is InChI=1S/C19H21N3O4/c23-18-9-8-16(22(25)26)11-17(18)20-19(24)15-7-4-10-21(13-15)12-14-5-2-1-3-6-14/h1-3,5-6,8-9,11,15,23H,4,7,10,12-13H2,(H,20,24)/t15-/m1/s1. The number of phenols is 1. The highest BCUT2D eigenvalue weighted by Crippen LogP contribution is 2.29. The largest absolute Gasteiger partial charge is 0.506 e. The Balaban J connectivity index is 1.64. The Morgan fingerprint density at radius 1 is 1.27 bits per heavy atom. The number of nitrogens with zero attached hydrogens (tertiary/aromatic N) is 2. The zero-order valence-electron chi connectivity index (χ0n) is 14.3. The van der Waals surface area contributed by atoms with E-state index in [9.17, 15) is 20.0 Å². The van der Waals surface area contributed by atoms with Gasteiger partial charge in [0.1, 0.15) is 5.75 Å². The van der Waals surface area contributed by atoms with Crippen molar-refractivity contribution in [1.29, 1.82) is 0 Å². The minimum atomic E-state index is -0.558. The van der Waals surface area contributed by atoms with Crippen LogP contribution >= 0.6 is 0 Å². The van der Waals surface area contributed by atoms with Gasteiger partial charge in [0.25, 0.3) is 5.69 Å². The topological polar surface area (TPSA) is 95.7 Å². The maximum absolute atomic E-state index is 12.6. The number of carbonyl (C=O) groups is 1. The van der Waals surface area contributed by atoms with E-state index in [-0.39, 0.29) is 28.9 Å². The molecule has 3 rings (SSSR count). The highest BCUT2D eigenvalue weighted by Gasteiger charge is 2.26. The van der Waals surface area contributed by atoms with Crippen molar-refractivity contribution in [2.45, 2.75) is 19.4 Å². The molecule has 26 heavy (non-hydrogen) atoms. The number of non-ortho nitro benzene ring substituents is 1. The molecule has 1 aliphatic rings. The Bertz CT molecular complexity index is 795. The van der Waals surface area contributed by atoms with Crippen LogP contribution in [0.2, 0.25) is 0 Å². The van der Waals surface area contributed by atoms with E-state index >= 15 is 0 Å². The summed E-state index contributed by atoms with van der Waals surface area (Å²) in [7, 11) is 0. The second-order valence-electron chi connectivity index (χ2n) is 6.51. The molecule has 1 fully saturated rings. The van der Waals surface area contributed by atoms with E-state index in [4.69, 9.17) is 0 Å². The third-order valence-electron chi connectivity index (χ3n) is 4.57. The molecule has 1 saturated heterocycles. The molecule has 0 spiro atoms.